The third kappa shape index (κ3) is 11.8. The molecule has 3 rings (SSSR count). The van der Waals surface area contributed by atoms with Gasteiger partial charge in [0, 0.05) is 0 Å². The molecule has 1 aliphatic rings. The van der Waals surface area contributed by atoms with Crippen LogP contribution in [0.25, 0.3) is 0 Å². The van der Waals surface area contributed by atoms with Crippen LogP contribution in [0.15, 0.2) is 60.7 Å². The number of hydrogen-bond acceptors (Lipinski definition) is 0. The van der Waals surface area contributed by atoms with E-state index in [-0.39, 0.29) is 15.8 Å². The Morgan fingerprint density at radius 3 is 0.794 bits per heavy atom. The van der Waals surface area contributed by atoms with Crippen LogP contribution in [0.1, 0.15) is 103 Å². The normalized spacial score (nSPS) is 23.9. The fourth-order valence-electron chi connectivity index (χ4n) is 5.35. The molecule has 0 aliphatic carbocycles. The molecule has 0 radical (unpaired) electrons. The van der Waals surface area contributed by atoms with Gasteiger partial charge in [-0.15, -0.1) is 0 Å². The predicted molar refractivity (Wildman–Crippen MR) is 159 cm³/mol. The molecule has 34 heavy (non-hydrogen) atoms. The second-order valence-corrected chi connectivity index (χ2v) is 15.3. The molecule has 0 N–H and O–H groups in total. The van der Waals surface area contributed by atoms with Crippen LogP contribution >= 0.6 is 15.8 Å². The van der Waals surface area contributed by atoms with Gasteiger partial charge in [-0.05, 0) is 60.9 Å². The summed E-state index contributed by atoms with van der Waals surface area (Å²) in [6, 6.07) is 23.0. The van der Waals surface area contributed by atoms with E-state index >= 15 is 0 Å². The van der Waals surface area contributed by atoms with E-state index in [0.717, 1.165) is 0 Å². The van der Waals surface area contributed by atoms with Crippen molar-refractivity contribution in [3.8, 4) is 0 Å². The van der Waals surface area contributed by atoms with Gasteiger partial charge < -0.3 is 0 Å². The maximum atomic E-state index is 2.40. The fraction of sp³-hybridized carbons (Fsp3) is 0.625. The van der Waals surface area contributed by atoms with Gasteiger partial charge >= 0.3 is 0 Å². The van der Waals surface area contributed by atoms with E-state index in [0.29, 0.717) is 0 Å². The Morgan fingerprint density at radius 1 is 0.294 bits per heavy atom. The molecule has 0 nitrogen and oxygen atoms in total. The standard InChI is InChI=1S/C32H50P2/c1-2-6-10-20-28-34(32-25-17-14-18-26-32)30-22-12-8-4-3-7-11-21-29-33(27-19-9-5-1)31-23-15-13-16-24-31/h13-18,23-26H,1-12,19-22,27-30H2. The molecule has 1 saturated heterocycles. The van der Waals surface area contributed by atoms with E-state index in [1.54, 1.807) is 10.6 Å². The van der Waals surface area contributed by atoms with Crippen LogP contribution in [0, 0.1) is 0 Å². The van der Waals surface area contributed by atoms with Gasteiger partial charge in [-0.3, -0.25) is 0 Å². The molecule has 188 valence electrons. The Bertz CT molecular complexity index is 627. The highest BCUT2D eigenvalue weighted by molar-refractivity contribution is 7.65. The average molecular weight is 497 g/mol. The molecule has 0 saturated carbocycles. The smallest absolute Gasteiger partial charge is 0.0240 e. The van der Waals surface area contributed by atoms with Crippen LogP contribution in [0.4, 0.5) is 0 Å². The molecule has 0 atom stereocenters. The molecule has 2 heteroatoms. The van der Waals surface area contributed by atoms with Crippen molar-refractivity contribution >= 4 is 26.5 Å². The maximum absolute atomic E-state index is 2.40. The van der Waals surface area contributed by atoms with Gasteiger partial charge in [0.25, 0.3) is 0 Å². The monoisotopic (exact) mass is 496 g/mol. The molecule has 0 amide bonds. The third-order valence-corrected chi connectivity index (χ3v) is 12.9. The highest BCUT2D eigenvalue weighted by Gasteiger charge is 2.12. The van der Waals surface area contributed by atoms with Crippen LogP contribution in [0.3, 0.4) is 0 Å². The van der Waals surface area contributed by atoms with Gasteiger partial charge in [-0.2, -0.15) is 0 Å². The molecule has 0 aromatic heterocycles. The molecular weight excluding hydrogens is 446 g/mol. The van der Waals surface area contributed by atoms with E-state index in [4.69, 9.17) is 0 Å². The fourth-order valence-corrected chi connectivity index (χ4v) is 10.4. The first-order chi connectivity index (χ1) is 16.9. The van der Waals surface area contributed by atoms with E-state index < -0.39 is 0 Å². The van der Waals surface area contributed by atoms with Crippen molar-refractivity contribution < 1.29 is 0 Å². The first kappa shape index (κ1) is 27.9. The van der Waals surface area contributed by atoms with Crippen molar-refractivity contribution in [1.29, 1.82) is 0 Å². The maximum Gasteiger partial charge on any atom is -0.0240 e. The van der Waals surface area contributed by atoms with E-state index in [1.807, 2.05) is 0 Å². The minimum Gasteiger partial charge on any atom is -0.0753 e. The van der Waals surface area contributed by atoms with Crippen LogP contribution in [-0.2, 0) is 0 Å². The lowest BCUT2D eigenvalue weighted by molar-refractivity contribution is 0.582. The van der Waals surface area contributed by atoms with Crippen LogP contribution in [0.5, 0.6) is 0 Å². The molecule has 1 fully saturated rings. The van der Waals surface area contributed by atoms with Gasteiger partial charge in [0.05, 0.1) is 0 Å². The Kier molecular flexibility index (Phi) is 15.2. The molecule has 1 aliphatic heterocycles. The minimum absolute atomic E-state index is 0.0672. The lowest BCUT2D eigenvalue weighted by Gasteiger charge is -2.19. The van der Waals surface area contributed by atoms with E-state index in [9.17, 15) is 0 Å². The second kappa shape index (κ2) is 18.6. The van der Waals surface area contributed by atoms with E-state index in [2.05, 4.69) is 60.7 Å². The van der Waals surface area contributed by atoms with Gasteiger partial charge in [-0.25, -0.2) is 0 Å². The summed E-state index contributed by atoms with van der Waals surface area (Å²) < 4.78 is 0. The van der Waals surface area contributed by atoms with Crippen LogP contribution in [0.2, 0.25) is 0 Å². The zero-order chi connectivity index (χ0) is 23.5. The first-order valence-electron chi connectivity index (χ1n) is 14.5. The average Bonchev–Trinajstić information content (AvgIpc) is 2.88. The minimum atomic E-state index is 0.0672. The van der Waals surface area contributed by atoms with Gasteiger partial charge in [0.2, 0.25) is 0 Å². The summed E-state index contributed by atoms with van der Waals surface area (Å²) in [6.45, 7) is 0. The highest BCUT2D eigenvalue weighted by Crippen LogP contribution is 2.38. The van der Waals surface area contributed by atoms with Gasteiger partial charge in [0.1, 0.15) is 0 Å². The Labute approximate surface area is 214 Å². The van der Waals surface area contributed by atoms with Crippen molar-refractivity contribution in [2.75, 3.05) is 24.6 Å². The molecule has 2 aromatic rings. The molecular formula is C32H50P2. The molecule has 0 spiro atoms. The zero-order valence-electron chi connectivity index (χ0n) is 21.8. The summed E-state index contributed by atoms with van der Waals surface area (Å²) in [5.41, 5.74) is 0. The molecule has 1 heterocycles. The lowest BCUT2D eigenvalue weighted by atomic mass is 10.1. The number of benzene rings is 2. The predicted octanol–water partition coefficient (Wildman–Crippen LogP) is 9.86. The third-order valence-electron chi connectivity index (χ3n) is 7.45. The van der Waals surface area contributed by atoms with Gasteiger partial charge in [0.15, 0.2) is 0 Å². The highest BCUT2D eigenvalue weighted by atomic mass is 31.1. The Hall–Kier alpha value is -0.700. The summed E-state index contributed by atoms with van der Waals surface area (Å²) in [7, 11) is 0.134. The Morgan fingerprint density at radius 2 is 0.529 bits per heavy atom. The van der Waals surface area contributed by atoms with Crippen LogP contribution in [-0.4, -0.2) is 24.6 Å². The number of rotatable bonds is 2. The summed E-state index contributed by atoms with van der Waals surface area (Å²) in [5, 5.41) is 3.31. The summed E-state index contributed by atoms with van der Waals surface area (Å²) in [4.78, 5) is 0. The largest absolute Gasteiger partial charge is 0.0753 e. The molecule has 0 bridgehead atoms. The topological polar surface area (TPSA) is 0 Å². The summed E-state index contributed by atoms with van der Waals surface area (Å²) in [5.74, 6) is 0. The quantitative estimate of drug-likeness (QED) is 0.363. The number of hydrogen-bond donors (Lipinski definition) is 0. The van der Waals surface area contributed by atoms with Crippen molar-refractivity contribution in [3.63, 3.8) is 0 Å². The SMILES string of the molecule is c1ccc(P2CCCCCCCCCCP(c3ccccc3)CCCCCCCCCC2)cc1. The summed E-state index contributed by atoms with van der Waals surface area (Å²) in [6.07, 6.45) is 29.1. The Balaban J connectivity index is 1.44. The van der Waals surface area contributed by atoms with Crippen LogP contribution < -0.4 is 10.6 Å². The lowest BCUT2D eigenvalue weighted by Crippen LogP contribution is -2.06. The zero-order valence-corrected chi connectivity index (χ0v) is 23.6. The van der Waals surface area contributed by atoms with E-state index in [1.165, 1.54) is 127 Å². The van der Waals surface area contributed by atoms with Crippen molar-refractivity contribution in [1.82, 2.24) is 0 Å². The van der Waals surface area contributed by atoms with Crippen molar-refractivity contribution in [2.45, 2.75) is 103 Å². The van der Waals surface area contributed by atoms with Crippen molar-refractivity contribution in [2.24, 2.45) is 0 Å². The first-order valence-corrected chi connectivity index (χ1v) is 18.0. The summed E-state index contributed by atoms with van der Waals surface area (Å²) >= 11 is 0. The van der Waals surface area contributed by atoms with Crippen molar-refractivity contribution in [3.05, 3.63) is 60.7 Å². The molecule has 0 unspecified atom stereocenters. The van der Waals surface area contributed by atoms with Gasteiger partial charge in [-0.1, -0.05) is 154 Å². The second-order valence-electron chi connectivity index (χ2n) is 10.3. The molecule has 2 aromatic carbocycles.